The number of hydrogen-bond donors (Lipinski definition) is 2. The van der Waals surface area contributed by atoms with Crippen molar-refractivity contribution >= 4 is 23.6 Å². The van der Waals surface area contributed by atoms with Crippen molar-refractivity contribution in [2.24, 2.45) is 11.8 Å². The highest BCUT2D eigenvalue weighted by atomic mass is 35.5. The quantitative estimate of drug-likeness (QED) is 0.821. The van der Waals surface area contributed by atoms with Crippen LogP contribution in [-0.4, -0.2) is 24.2 Å². The summed E-state index contributed by atoms with van der Waals surface area (Å²) >= 11 is 5.68. The van der Waals surface area contributed by atoms with E-state index in [-0.39, 0.29) is 17.5 Å². The zero-order chi connectivity index (χ0) is 15.2. The van der Waals surface area contributed by atoms with Crippen LogP contribution in [0.2, 0.25) is 5.02 Å². The van der Waals surface area contributed by atoms with Crippen LogP contribution in [0.4, 0.5) is 4.39 Å². The second-order valence-electron chi connectivity index (χ2n) is 5.39. The molecule has 0 saturated heterocycles. The Hall–Kier alpha value is -1.39. The molecule has 1 saturated carbocycles. The molecule has 0 spiro atoms. The third-order valence-electron chi connectivity index (χ3n) is 3.96. The monoisotopic (exact) mass is 311 g/mol. The van der Waals surface area contributed by atoms with Crippen molar-refractivity contribution in [1.29, 1.82) is 0 Å². The van der Waals surface area contributed by atoms with Crippen molar-refractivity contribution in [3.63, 3.8) is 0 Å². The number of amides is 1. The number of rotatable bonds is 5. The largest absolute Gasteiger partial charge is 0.396 e. The average Bonchev–Trinajstić information content (AvgIpc) is 2.94. The van der Waals surface area contributed by atoms with Gasteiger partial charge in [0.05, 0.1) is 5.02 Å². The van der Waals surface area contributed by atoms with Gasteiger partial charge in [0.25, 0.3) is 0 Å². The van der Waals surface area contributed by atoms with Crippen LogP contribution in [0, 0.1) is 17.7 Å². The normalized spacial score (nSPS) is 21.9. The summed E-state index contributed by atoms with van der Waals surface area (Å²) in [6, 6.07) is 4.30. The number of carbonyl (C=O) groups is 1. The van der Waals surface area contributed by atoms with E-state index in [9.17, 15) is 14.3 Å². The molecular weight excluding hydrogens is 293 g/mol. The van der Waals surface area contributed by atoms with Gasteiger partial charge in [0.2, 0.25) is 5.91 Å². The molecule has 1 amide bonds. The summed E-state index contributed by atoms with van der Waals surface area (Å²) in [6.45, 7) is 0.767. The molecule has 0 radical (unpaired) electrons. The fourth-order valence-electron chi connectivity index (χ4n) is 2.70. The van der Waals surface area contributed by atoms with Gasteiger partial charge < -0.3 is 10.4 Å². The number of nitrogens with one attached hydrogen (secondary N) is 1. The molecule has 2 rings (SSSR count). The van der Waals surface area contributed by atoms with Gasteiger partial charge in [-0.1, -0.05) is 24.1 Å². The molecule has 114 valence electrons. The molecule has 0 aliphatic heterocycles. The Morgan fingerprint density at radius 1 is 1.43 bits per heavy atom. The molecule has 2 unspecified atom stereocenters. The van der Waals surface area contributed by atoms with E-state index in [0.29, 0.717) is 23.9 Å². The maximum atomic E-state index is 13.0. The van der Waals surface area contributed by atoms with Gasteiger partial charge in [-0.3, -0.25) is 4.79 Å². The maximum Gasteiger partial charge on any atom is 0.244 e. The van der Waals surface area contributed by atoms with E-state index in [0.717, 1.165) is 19.3 Å². The van der Waals surface area contributed by atoms with E-state index in [1.54, 1.807) is 12.1 Å². The smallest absolute Gasteiger partial charge is 0.244 e. The minimum absolute atomic E-state index is 0.0364. The molecule has 1 aromatic carbocycles. The Labute approximate surface area is 128 Å². The van der Waals surface area contributed by atoms with Crippen molar-refractivity contribution in [3.05, 3.63) is 40.7 Å². The number of aliphatic hydroxyl groups is 1. The molecule has 2 N–H and O–H groups in total. The van der Waals surface area contributed by atoms with Crippen LogP contribution in [0.3, 0.4) is 0 Å². The summed E-state index contributed by atoms with van der Waals surface area (Å²) in [5.41, 5.74) is 0.672. The summed E-state index contributed by atoms with van der Waals surface area (Å²) < 4.78 is 13.0. The van der Waals surface area contributed by atoms with Gasteiger partial charge >= 0.3 is 0 Å². The highest BCUT2D eigenvalue weighted by Crippen LogP contribution is 2.30. The van der Waals surface area contributed by atoms with E-state index in [2.05, 4.69) is 5.32 Å². The number of halogens is 2. The summed E-state index contributed by atoms with van der Waals surface area (Å²) in [5, 5.41) is 12.1. The first kappa shape index (κ1) is 16.0. The molecule has 1 aromatic rings. The SMILES string of the molecule is O=C(C=Cc1ccc(F)c(Cl)c1)NCC1CCCC1CO. The predicted octanol–water partition coefficient (Wildman–Crippen LogP) is 3.02. The van der Waals surface area contributed by atoms with E-state index in [1.807, 2.05) is 0 Å². The van der Waals surface area contributed by atoms with Gasteiger partial charge in [-0.25, -0.2) is 4.39 Å². The third kappa shape index (κ3) is 4.55. The first-order valence-electron chi connectivity index (χ1n) is 7.12. The van der Waals surface area contributed by atoms with Crippen molar-refractivity contribution < 1.29 is 14.3 Å². The molecule has 3 nitrogen and oxygen atoms in total. The van der Waals surface area contributed by atoms with Crippen molar-refractivity contribution in [1.82, 2.24) is 5.32 Å². The van der Waals surface area contributed by atoms with E-state index in [1.165, 1.54) is 18.2 Å². The van der Waals surface area contributed by atoms with Gasteiger partial charge in [0, 0.05) is 19.2 Å². The fraction of sp³-hybridized carbons (Fsp3) is 0.438. The standard InChI is InChI=1S/C16H19ClFNO2/c17-14-8-11(4-6-15(14)18)5-7-16(21)19-9-12-2-1-3-13(12)10-20/h4-8,12-13,20H,1-3,9-10H2,(H,19,21). The van der Waals surface area contributed by atoms with Crippen molar-refractivity contribution in [2.75, 3.05) is 13.2 Å². The minimum Gasteiger partial charge on any atom is -0.396 e. The Balaban J connectivity index is 1.83. The highest BCUT2D eigenvalue weighted by Gasteiger charge is 2.26. The summed E-state index contributed by atoms with van der Waals surface area (Å²) in [5.74, 6) is -0.0219. The second kappa shape index (κ2) is 7.57. The summed E-state index contributed by atoms with van der Waals surface area (Å²) in [6.07, 6.45) is 6.19. The van der Waals surface area contributed by atoms with Gasteiger partial charge in [-0.15, -0.1) is 0 Å². The Morgan fingerprint density at radius 3 is 2.90 bits per heavy atom. The van der Waals surface area contributed by atoms with Crippen LogP contribution < -0.4 is 5.32 Å². The van der Waals surface area contributed by atoms with Gasteiger partial charge in [-0.05, 0) is 48.4 Å². The lowest BCUT2D eigenvalue weighted by atomic mass is 9.97. The van der Waals surface area contributed by atoms with E-state index >= 15 is 0 Å². The Bertz CT molecular complexity index is 533. The van der Waals surface area contributed by atoms with Gasteiger partial charge in [0.1, 0.15) is 5.82 Å². The highest BCUT2D eigenvalue weighted by molar-refractivity contribution is 6.30. The van der Waals surface area contributed by atoms with Gasteiger partial charge in [0.15, 0.2) is 0 Å². The first-order valence-corrected chi connectivity index (χ1v) is 7.49. The van der Waals surface area contributed by atoms with Crippen molar-refractivity contribution in [3.8, 4) is 0 Å². The van der Waals surface area contributed by atoms with Crippen LogP contribution in [0.1, 0.15) is 24.8 Å². The molecule has 1 aliphatic rings. The lowest BCUT2D eigenvalue weighted by Crippen LogP contribution is -2.30. The molecule has 0 bridgehead atoms. The minimum atomic E-state index is -0.477. The van der Waals surface area contributed by atoms with Crippen molar-refractivity contribution in [2.45, 2.75) is 19.3 Å². The molecular formula is C16H19ClFNO2. The van der Waals surface area contributed by atoms with Crippen LogP contribution in [0.15, 0.2) is 24.3 Å². The molecule has 0 heterocycles. The number of aliphatic hydroxyl groups excluding tert-OH is 1. The topological polar surface area (TPSA) is 49.3 Å². The average molecular weight is 312 g/mol. The van der Waals surface area contributed by atoms with Gasteiger partial charge in [-0.2, -0.15) is 0 Å². The predicted molar refractivity (Wildman–Crippen MR) is 81.4 cm³/mol. The molecule has 1 aliphatic carbocycles. The Kier molecular flexibility index (Phi) is 5.76. The molecule has 2 atom stereocenters. The molecule has 5 heteroatoms. The second-order valence-corrected chi connectivity index (χ2v) is 5.79. The zero-order valence-electron chi connectivity index (χ0n) is 11.7. The maximum absolute atomic E-state index is 13.0. The zero-order valence-corrected chi connectivity index (χ0v) is 12.4. The number of hydrogen-bond acceptors (Lipinski definition) is 2. The number of carbonyl (C=O) groups excluding carboxylic acids is 1. The van der Waals surface area contributed by atoms with Crippen LogP contribution in [0.25, 0.3) is 6.08 Å². The lowest BCUT2D eigenvalue weighted by molar-refractivity contribution is -0.116. The molecule has 21 heavy (non-hydrogen) atoms. The van der Waals surface area contributed by atoms with E-state index < -0.39 is 5.82 Å². The summed E-state index contributed by atoms with van der Waals surface area (Å²) in [7, 11) is 0. The van der Waals surface area contributed by atoms with Crippen LogP contribution in [0.5, 0.6) is 0 Å². The van der Waals surface area contributed by atoms with Crippen LogP contribution >= 0.6 is 11.6 Å². The third-order valence-corrected chi connectivity index (χ3v) is 4.25. The Morgan fingerprint density at radius 2 is 2.19 bits per heavy atom. The lowest BCUT2D eigenvalue weighted by Gasteiger charge is -2.17. The molecule has 0 aromatic heterocycles. The number of benzene rings is 1. The van der Waals surface area contributed by atoms with Crippen LogP contribution in [-0.2, 0) is 4.79 Å². The first-order chi connectivity index (χ1) is 10.1. The fourth-order valence-corrected chi connectivity index (χ4v) is 2.89. The van der Waals surface area contributed by atoms with E-state index in [4.69, 9.17) is 11.6 Å². The summed E-state index contributed by atoms with van der Waals surface area (Å²) in [4.78, 5) is 11.8. The molecule has 1 fully saturated rings.